The SMILES string of the molecule is O=C(c1ccc(-n2cccc2)nc1)N(CCO)Cc1cccnc1. The highest BCUT2D eigenvalue weighted by Crippen LogP contribution is 2.11. The van der Waals surface area contributed by atoms with Crippen molar-refractivity contribution in [3.8, 4) is 5.82 Å². The molecule has 0 bridgehead atoms. The van der Waals surface area contributed by atoms with Crippen LogP contribution in [0.5, 0.6) is 0 Å². The van der Waals surface area contributed by atoms with E-state index in [4.69, 9.17) is 0 Å². The Morgan fingerprint density at radius 2 is 1.96 bits per heavy atom. The van der Waals surface area contributed by atoms with Crippen LogP contribution >= 0.6 is 0 Å². The standard InChI is InChI=1S/C18H18N4O2/c23-11-10-22(14-15-4-3-7-19-12-15)18(24)16-5-6-17(20-13-16)21-8-1-2-9-21/h1-9,12-13,23H,10-11,14H2. The van der Waals surface area contributed by atoms with E-state index in [9.17, 15) is 9.90 Å². The second-order valence-corrected chi connectivity index (χ2v) is 5.31. The fourth-order valence-corrected chi connectivity index (χ4v) is 2.42. The smallest absolute Gasteiger partial charge is 0.255 e. The van der Waals surface area contributed by atoms with Gasteiger partial charge in [-0.05, 0) is 35.9 Å². The van der Waals surface area contributed by atoms with Crippen LogP contribution in [0, 0.1) is 0 Å². The van der Waals surface area contributed by atoms with E-state index in [0.717, 1.165) is 11.4 Å². The summed E-state index contributed by atoms with van der Waals surface area (Å²) in [4.78, 5) is 22.7. The van der Waals surface area contributed by atoms with Gasteiger partial charge in [-0.2, -0.15) is 0 Å². The second kappa shape index (κ2) is 7.52. The van der Waals surface area contributed by atoms with Gasteiger partial charge in [-0.25, -0.2) is 4.98 Å². The molecule has 24 heavy (non-hydrogen) atoms. The molecule has 6 heteroatoms. The van der Waals surface area contributed by atoms with Crippen molar-refractivity contribution in [2.45, 2.75) is 6.54 Å². The molecule has 122 valence electrons. The first-order valence-corrected chi connectivity index (χ1v) is 7.66. The van der Waals surface area contributed by atoms with Crippen molar-refractivity contribution in [2.24, 2.45) is 0 Å². The summed E-state index contributed by atoms with van der Waals surface area (Å²) in [5.41, 5.74) is 1.40. The number of carbonyl (C=O) groups is 1. The van der Waals surface area contributed by atoms with Gasteiger partial charge in [-0.3, -0.25) is 9.78 Å². The molecule has 0 aliphatic heterocycles. The van der Waals surface area contributed by atoms with Crippen molar-refractivity contribution in [3.63, 3.8) is 0 Å². The van der Waals surface area contributed by atoms with Crippen LogP contribution in [-0.2, 0) is 6.54 Å². The summed E-state index contributed by atoms with van der Waals surface area (Å²) in [5, 5.41) is 9.25. The van der Waals surface area contributed by atoms with Crippen molar-refractivity contribution in [1.29, 1.82) is 0 Å². The van der Waals surface area contributed by atoms with Gasteiger partial charge in [0.2, 0.25) is 0 Å². The molecule has 3 heterocycles. The summed E-state index contributed by atoms with van der Waals surface area (Å²) in [5.74, 6) is 0.581. The molecule has 0 aromatic carbocycles. The van der Waals surface area contributed by atoms with Crippen LogP contribution in [0.3, 0.4) is 0 Å². The van der Waals surface area contributed by atoms with Crippen LogP contribution < -0.4 is 0 Å². The minimum atomic E-state index is -0.167. The average Bonchev–Trinajstić information content (AvgIpc) is 3.16. The molecule has 6 nitrogen and oxygen atoms in total. The maximum atomic E-state index is 12.7. The van der Waals surface area contributed by atoms with Crippen molar-refractivity contribution in [1.82, 2.24) is 19.4 Å². The maximum absolute atomic E-state index is 12.7. The Balaban J connectivity index is 1.77. The van der Waals surface area contributed by atoms with Crippen LogP contribution in [0.2, 0.25) is 0 Å². The highest BCUT2D eigenvalue weighted by atomic mass is 16.3. The number of nitrogens with zero attached hydrogens (tertiary/aromatic N) is 4. The number of carbonyl (C=O) groups excluding carboxylic acids is 1. The minimum absolute atomic E-state index is 0.0963. The number of pyridine rings is 2. The third-order valence-corrected chi connectivity index (χ3v) is 3.62. The number of aromatic nitrogens is 3. The summed E-state index contributed by atoms with van der Waals surface area (Å²) < 4.78 is 1.87. The topological polar surface area (TPSA) is 71.2 Å². The summed E-state index contributed by atoms with van der Waals surface area (Å²) in [6, 6.07) is 11.1. The summed E-state index contributed by atoms with van der Waals surface area (Å²) in [7, 11) is 0. The first-order valence-electron chi connectivity index (χ1n) is 7.66. The van der Waals surface area contributed by atoms with E-state index in [1.165, 1.54) is 0 Å². The van der Waals surface area contributed by atoms with E-state index in [1.807, 2.05) is 41.2 Å². The Labute approximate surface area is 140 Å². The third-order valence-electron chi connectivity index (χ3n) is 3.62. The van der Waals surface area contributed by atoms with Gasteiger partial charge in [0.05, 0.1) is 12.2 Å². The predicted molar refractivity (Wildman–Crippen MR) is 89.6 cm³/mol. The molecule has 0 unspecified atom stereocenters. The molecule has 0 spiro atoms. The van der Waals surface area contributed by atoms with Gasteiger partial charge >= 0.3 is 0 Å². The quantitative estimate of drug-likeness (QED) is 0.752. The molecule has 0 atom stereocenters. The highest BCUT2D eigenvalue weighted by Gasteiger charge is 2.16. The fourth-order valence-electron chi connectivity index (χ4n) is 2.42. The Kier molecular flexibility index (Phi) is 4.98. The third kappa shape index (κ3) is 3.67. The molecule has 0 aliphatic rings. The molecule has 0 radical (unpaired) electrons. The van der Waals surface area contributed by atoms with Gasteiger partial charge in [-0.15, -0.1) is 0 Å². The molecule has 1 amide bonds. The lowest BCUT2D eigenvalue weighted by Gasteiger charge is -2.21. The number of aliphatic hydroxyl groups is 1. The van der Waals surface area contributed by atoms with E-state index >= 15 is 0 Å². The van der Waals surface area contributed by atoms with Crippen LogP contribution in [0.25, 0.3) is 5.82 Å². The molecule has 0 aliphatic carbocycles. The van der Waals surface area contributed by atoms with E-state index < -0.39 is 0 Å². The van der Waals surface area contributed by atoms with Gasteiger partial charge in [0, 0.05) is 44.1 Å². The second-order valence-electron chi connectivity index (χ2n) is 5.31. The van der Waals surface area contributed by atoms with Crippen molar-refractivity contribution >= 4 is 5.91 Å². The summed E-state index contributed by atoms with van der Waals surface area (Å²) >= 11 is 0. The van der Waals surface area contributed by atoms with Gasteiger partial charge in [0.25, 0.3) is 5.91 Å². The number of aliphatic hydroxyl groups excluding tert-OH is 1. The Morgan fingerprint density at radius 3 is 2.58 bits per heavy atom. The molecule has 0 saturated heterocycles. The van der Waals surface area contributed by atoms with Gasteiger partial charge in [0.1, 0.15) is 5.82 Å². The van der Waals surface area contributed by atoms with E-state index in [-0.39, 0.29) is 19.1 Å². The van der Waals surface area contributed by atoms with Crippen LogP contribution in [0.4, 0.5) is 0 Å². The van der Waals surface area contributed by atoms with Crippen LogP contribution in [0.1, 0.15) is 15.9 Å². The molecular formula is C18H18N4O2. The van der Waals surface area contributed by atoms with E-state index in [2.05, 4.69) is 9.97 Å². The van der Waals surface area contributed by atoms with Crippen LogP contribution in [-0.4, -0.2) is 43.6 Å². The van der Waals surface area contributed by atoms with Crippen molar-refractivity contribution in [3.05, 3.63) is 78.5 Å². The van der Waals surface area contributed by atoms with Gasteiger partial charge in [-0.1, -0.05) is 6.07 Å². The first-order chi connectivity index (χ1) is 11.8. The Morgan fingerprint density at radius 1 is 1.12 bits per heavy atom. The lowest BCUT2D eigenvalue weighted by Crippen LogP contribution is -2.33. The Hall–Kier alpha value is -2.99. The molecule has 0 fully saturated rings. The highest BCUT2D eigenvalue weighted by molar-refractivity contribution is 5.94. The minimum Gasteiger partial charge on any atom is -0.395 e. The van der Waals surface area contributed by atoms with E-state index in [0.29, 0.717) is 12.1 Å². The summed E-state index contributed by atoms with van der Waals surface area (Å²) in [6.45, 7) is 0.556. The summed E-state index contributed by atoms with van der Waals surface area (Å²) in [6.07, 6.45) is 8.75. The number of rotatable bonds is 6. The van der Waals surface area contributed by atoms with Gasteiger partial charge < -0.3 is 14.6 Å². The maximum Gasteiger partial charge on any atom is 0.255 e. The lowest BCUT2D eigenvalue weighted by atomic mass is 10.2. The normalized spacial score (nSPS) is 10.5. The molecule has 0 saturated carbocycles. The predicted octanol–water partition coefficient (Wildman–Crippen LogP) is 1.90. The molecular weight excluding hydrogens is 304 g/mol. The lowest BCUT2D eigenvalue weighted by molar-refractivity contribution is 0.0707. The van der Waals surface area contributed by atoms with Crippen LogP contribution in [0.15, 0.2) is 67.4 Å². The van der Waals surface area contributed by atoms with E-state index in [1.54, 1.807) is 35.6 Å². The first kappa shape index (κ1) is 15.9. The van der Waals surface area contributed by atoms with Crippen molar-refractivity contribution < 1.29 is 9.90 Å². The molecule has 3 aromatic heterocycles. The molecule has 1 N–H and O–H groups in total. The zero-order valence-electron chi connectivity index (χ0n) is 13.1. The fraction of sp³-hybridized carbons (Fsp3) is 0.167. The number of amides is 1. The monoisotopic (exact) mass is 322 g/mol. The Bertz CT molecular complexity index is 771. The zero-order chi connectivity index (χ0) is 16.8. The number of hydrogen-bond acceptors (Lipinski definition) is 4. The van der Waals surface area contributed by atoms with Gasteiger partial charge in [0.15, 0.2) is 0 Å². The van der Waals surface area contributed by atoms with Crippen molar-refractivity contribution in [2.75, 3.05) is 13.2 Å². The molecule has 3 aromatic rings. The average molecular weight is 322 g/mol. The number of hydrogen-bond donors (Lipinski definition) is 1. The largest absolute Gasteiger partial charge is 0.395 e. The zero-order valence-corrected chi connectivity index (χ0v) is 13.1. The molecule has 3 rings (SSSR count).